The molecule has 1 aliphatic carbocycles. The van der Waals surface area contributed by atoms with Gasteiger partial charge in [0.25, 0.3) is 0 Å². The van der Waals surface area contributed by atoms with Crippen molar-refractivity contribution in [3.63, 3.8) is 0 Å². The molecule has 6 heteroatoms. The van der Waals surface area contributed by atoms with Gasteiger partial charge in [0.1, 0.15) is 0 Å². The Bertz CT molecular complexity index is 229. The smallest absolute Gasteiger partial charge is 0.375 e. The molecule has 0 aromatic rings. The first kappa shape index (κ1) is 11.3. The van der Waals surface area contributed by atoms with Crippen molar-refractivity contribution in [1.29, 1.82) is 0 Å². The number of carbonyl (C=O) groups is 1. The minimum atomic E-state index is -3.76. The lowest BCUT2D eigenvalue weighted by atomic mass is 9.80. The summed E-state index contributed by atoms with van der Waals surface area (Å²) in [6.07, 6.45) is 2.05. The fourth-order valence-electron chi connectivity index (χ4n) is 1.29. The van der Waals surface area contributed by atoms with Gasteiger partial charge in [-0.25, -0.2) is 4.79 Å². The van der Waals surface area contributed by atoms with Crippen molar-refractivity contribution in [3.8, 4) is 0 Å². The number of hydrogen-bond acceptors (Lipinski definition) is 3. The second kappa shape index (κ2) is 3.78. The zero-order valence-corrected chi connectivity index (χ0v) is 7.59. The first-order valence-electron chi connectivity index (χ1n) is 4.40. The number of aliphatic hydroxyl groups is 1. The molecule has 1 aliphatic rings. The Morgan fingerprint density at radius 2 is 2.07 bits per heavy atom. The molecule has 0 aromatic carbocycles. The highest BCUT2D eigenvalue weighted by Gasteiger charge is 2.40. The van der Waals surface area contributed by atoms with Crippen molar-refractivity contribution < 1.29 is 23.8 Å². The van der Waals surface area contributed by atoms with E-state index in [1.54, 1.807) is 0 Å². The molecule has 0 aromatic heterocycles. The maximum atomic E-state index is 12.5. The van der Waals surface area contributed by atoms with E-state index in [-0.39, 0.29) is 6.54 Å². The Morgan fingerprint density at radius 1 is 1.50 bits per heavy atom. The molecule has 0 atom stereocenters. The monoisotopic (exact) mass is 209 g/mol. The summed E-state index contributed by atoms with van der Waals surface area (Å²) in [5, 5.41) is 19.8. The van der Waals surface area contributed by atoms with Gasteiger partial charge in [-0.15, -0.1) is 0 Å². The van der Waals surface area contributed by atoms with Gasteiger partial charge in [-0.05, 0) is 19.3 Å². The number of aliphatic carboxylic acids is 1. The lowest BCUT2D eigenvalue weighted by molar-refractivity contribution is -0.164. The molecule has 0 heterocycles. The molecule has 14 heavy (non-hydrogen) atoms. The van der Waals surface area contributed by atoms with E-state index < -0.39 is 24.0 Å². The highest BCUT2D eigenvalue weighted by molar-refractivity contribution is 5.75. The molecule has 0 bridgehead atoms. The van der Waals surface area contributed by atoms with E-state index in [0.29, 0.717) is 12.8 Å². The predicted molar refractivity (Wildman–Crippen MR) is 44.3 cm³/mol. The molecule has 0 aliphatic heterocycles. The molecular weight excluding hydrogens is 196 g/mol. The van der Waals surface area contributed by atoms with Crippen LogP contribution < -0.4 is 5.32 Å². The Labute approximate surface area is 79.9 Å². The average molecular weight is 209 g/mol. The summed E-state index contributed by atoms with van der Waals surface area (Å²) in [6, 6.07) is 0. The molecule has 1 fully saturated rings. The van der Waals surface area contributed by atoms with Crippen LogP contribution in [0.5, 0.6) is 0 Å². The Morgan fingerprint density at radius 3 is 2.43 bits per heavy atom. The first-order chi connectivity index (χ1) is 6.36. The Kier molecular flexibility index (Phi) is 3.06. The average Bonchev–Trinajstić information content (AvgIpc) is 2.00. The lowest BCUT2D eigenvalue weighted by Crippen LogP contribution is -2.50. The normalized spacial score (nSPS) is 20.2. The second-order valence-electron chi connectivity index (χ2n) is 3.69. The largest absolute Gasteiger partial charge is 0.477 e. The van der Waals surface area contributed by atoms with Gasteiger partial charge in [-0.3, -0.25) is 0 Å². The van der Waals surface area contributed by atoms with E-state index in [1.165, 1.54) is 0 Å². The van der Waals surface area contributed by atoms with E-state index in [0.717, 1.165) is 6.42 Å². The van der Waals surface area contributed by atoms with E-state index in [2.05, 4.69) is 5.32 Å². The SMILES string of the molecule is O=C(O)C(F)(F)CNCC1(O)CCC1. The van der Waals surface area contributed by atoms with Crippen LogP contribution in [0.15, 0.2) is 0 Å². The van der Waals surface area contributed by atoms with Gasteiger partial charge >= 0.3 is 11.9 Å². The zero-order chi connectivity index (χ0) is 10.8. The van der Waals surface area contributed by atoms with Crippen molar-refractivity contribution >= 4 is 5.97 Å². The number of halogens is 2. The van der Waals surface area contributed by atoms with Crippen molar-refractivity contribution in [2.24, 2.45) is 0 Å². The van der Waals surface area contributed by atoms with Gasteiger partial charge in [0.2, 0.25) is 0 Å². The summed E-state index contributed by atoms with van der Waals surface area (Å²) in [4.78, 5) is 10.0. The number of alkyl halides is 2. The van der Waals surface area contributed by atoms with Crippen LogP contribution in [0.25, 0.3) is 0 Å². The predicted octanol–water partition coefficient (Wildman–Crippen LogP) is 0.211. The summed E-state index contributed by atoms with van der Waals surface area (Å²) in [5.74, 6) is -5.91. The standard InChI is InChI=1S/C8H13F2NO3/c9-8(10,6(12)13)5-11-4-7(14)2-1-3-7/h11,14H,1-5H2,(H,12,13). The molecule has 1 saturated carbocycles. The third-order valence-electron chi connectivity index (χ3n) is 2.40. The van der Waals surface area contributed by atoms with Crippen LogP contribution in [0.2, 0.25) is 0 Å². The van der Waals surface area contributed by atoms with Crippen LogP contribution in [-0.4, -0.2) is 40.8 Å². The molecule has 3 N–H and O–H groups in total. The van der Waals surface area contributed by atoms with Crippen molar-refractivity contribution in [1.82, 2.24) is 5.32 Å². The minimum absolute atomic E-state index is 0.0237. The van der Waals surface area contributed by atoms with E-state index in [9.17, 15) is 18.7 Å². The number of nitrogens with one attached hydrogen (secondary N) is 1. The van der Waals surface area contributed by atoms with Gasteiger partial charge in [0.15, 0.2) is 0 Å². The first-order valence-corrected chi connectivity index (χ1v) is 4.40. The molecule has 4 nitrogen and oxygen atoms in total. The summed E-state index contributed by atoms with van der Waals surface area (Å²) in [5.41, 5.74) is -0.908. The highest BCUT2D eigenvalue weighted by Crippen LogP contribution is 2.30. The fraction of sp³-hybridized carbons (Fsp3) is 0.875. The van der Waals surface area contributed by atoms with Crippen LogP contribution >= 0.6 is 0 Å². The summed E-state index contributed by atoms with van der Waals surface area (Å²) >= 11 is 0. The number of rotatable bonds is 5. The molecule has 1 rings (SSSR count). The highest BCUT2D eigenvalue weighted by atomic mass is 19.3. The summed E-state index contributed by atoms with van der Waals surface area (Å²) in [6.45, 7) is -0.916. The van der Waals surface area contributed by atoms with Gasteiger partial charge in [0, 0.05) is 6.54 Å². The topological polar surface area (TPSA) is 69.6 Å². The van der Waals surface area contributed by atoms with Gasteiger partial charge < -0.3 is 15.5 Å². The summed E-state index contributed by atoms with van der Waals surface area (Å²) in [7, 11) is 0. The van der Waals surface area contributed by atoms with Gasteiger partial charge in [-0.1, -0.05) is 0 Å². The van der Waals surface area contributed by atoms with E-state index >= 15 is 0 Å². The van der Waals surface area contributed by atoms with Gasteiger partial charge in [-0.2, -0.15) is 8.78 Å². The maximum absolute atomic E-state index is 12.5. The molecule has 0 amide bonds. The maximum Gasteiger partial charge on any atom is 0.375 e. The third kappa shape index (κ3) is 2.62. The molecule has 0 saturated heterocycles. The van der Waals surface area contributed by atoms with Crippen LogP contribution in [0, 0.1) is 0 Å². The Balaban J connectivity index is 2.23. The van der Waals surface area contributed by atoms with Crippen LogP contribution in [0.4, 0.5) is 8.78 Å². The number of carboxylic acids is 1. The zero-order valence-electron chi connectivity index (χ0n) is 7.59. The Hall–Kier alpha value is -0.750. The lowest BCUT2D eigenvalue weighted by Gasteiger charge is -2.36. The van der Waals surface area contributed by atoms with Crippen molar-refractivity contribution in [3.05, 3.63) is 0 Å². The molecule has 82 valence electrons. The van der Waals surface area contributed by atoms with Crippen LogP contribution in [0.3, 0.4) is 0 Å². The van der Waals surface area contributed by atoms with Crippen LogP contribution in [0.1, 0.15) is 19.3 Å². The quantitative estimate of drug-likeness (QED) is 0.605. The van der Waals surface area contributed by atoms with Crippen molar-refractivity contribution in [2.45, 2.75) is 30.8 Å². The molecule has 0 spiro atoms. The van der Waals surface area contributed by atoms with E-state index in [1.807, 2.05) is 0 Å². The molecular formula is C8H13F2NO3. The summed E-state index contributed by atoms with van der Waals surface area (Å²) < 4.78 is 25.0. The third-order valence-corrected chi connectivity index (χ3v) is 2.40. The van der Waals surface area contributed by atoms with E-state index in [4.69, 9.17) is 5.11 Å². The van der Waals surface area contributed by atoms with Crippen LogP contribution in [-0.2, 0) is 4.79 Å². The van der Waals surface area contributed by atoms with Gasteiger partial charge in [0.05, 0.1) is 12.1 Å². The minimum Gasteiger partial charge on any atom is -0.477 e. The molecule has 0 unspecified atom stereocenters. The van der Waals surface area contributed by atoms with Crippen molar-refractivity contribution in [2.75, 3.05) is 13.1 Å². The number of hydrogen-bond donors (Lipinski definition) is 3. The fourth-order valence-corrected chi connectivity index (χ4v) is 1.29. The molecule has 0 radical (unpaired) electrons. The second-order valence-corrected chi connectivity index (χ2v) is 3.69. The number of carboxylic acid groups (broad SMARTS) is 1.